The Morgan fingerprint density at radius 3 is 2.24 bits per heavy atom. The van der Waals surface area contributed by atoms with Gasteiger partial charge in [-0.2, -0.15) is 0 Å². The fourth-order valence-corrected chi connectivity index (χ4v) is 2.56. The van der Waals surface area contributed by atoms with E-state index in [2.05, 4.69) is 12.2 Å². The van der Waals surface area contributed by atoms with Crippen LogP contribution >= 0.6 is 23.2 Å². The van der Waals surface area contributed by atoms with Crippen molar-refractivity contribution in [2.24, 2.45) is 0 Å². The second kappa shape index (κ2) is 7.06. The molecule has 1 N–H and O–H groups in total. The minimum atomic E-state index is 0.0630. The second-order valence-corrected chi connectivity index (χ2v) is 5.99. The third kappa shape index (κ3) is 4.29. The Bertz CT molecular complexity index is 596. The first kappa shape index (κ1) is 16.0. The molecule has 0 aliphatic heterocycles. The summed E-state index contributed by atoms with van der Waals surface area (Å²) in [5.41, 5.74) is 1.99. The van der Waals surface area contributed by atoms with E-state index in [1.165, 1.54) is 0 Å². The van der Waals surface area contributed by atoms with Crippen LogP contribution in [0.5, 0.6) is 5.75 Å². The summed E-state index contributed by atoms with van der Waals surface area (Å²) in [4.78, 5) is 0. The molecule has 0 heterocycles. The predicted octanol–water partition coefficient (Wildman–Crippen LogP) is 5.95. The molecule has 2 nitrogen and oxygen atoms in total. The van der Waals surface area contributed by atoms with Crippen LogP contribution in [0.15, 0.2) is 42.5 Å². The van der Waals surface area contributed by atoms with Gasteiger partial charge in [0.05, 0.1) is 22.2 Å². The van der Waals surface area contributed by atoms with Gasteiger partial charge >= 0.3 is 0 Å². The Kier molecular flexibility index (Phi) is 5.38. The fourth-order valence-electron chi connectivity index (χ4n) is 2.08. The Balaban J connectivity index is 2.09. The molecule has 0 aliphatic carbocycles. The molecule has 1 unspecified atom stereocenters. The molecule has 4 heteroatoms. The predicted molar refractivity (Wildman–Crippen MR) is 90.7 cm³/mol. The number of ether oxygens (including phenoxy) is 1. The molecule has 0 fully saturated rings. The molecule has 2 rings (SSSR count). The lowest BCUT2D eigenvalue weighted by Gasteiger charge is -2.18. The number of hydrogen-bond donors (Lipinski definition) is 1. The van der Waals surface area contributed by atoms with Crippen molar-refractivity contribution in [3.05, 3.63) is 58.1 Å². The van der Waals surface area contributed by atoms with Gasteiger partial charge < -0.3 is 10.1 Å². The smallest absolute Gasteiger partial charge is 0.119 e. The van der Waals surface area contributed by atoms with Gasteiger partial charge in [0.25, 0.3) is 0 Å². The molecule has 0 aromatic heterocycles. The molecule has 0 spiro atoms. The molecule has 0 saturated heterocycles. The van der Waals surface area contributed by atoms with E-state index in [0.717, 1.165) is 17.0 Å². The van der Waals surface area contributed by atoms with Gasteiger partial charge in [-0.3, -0.25) is 0 Å². The molecule has 112 valence electrons. The Labute approximate surface area is 136 Å². The molecule has 2 aromatic carbocycles. The van der Waals surface area contributed by atoms with E-state index in [4.69, 9.17) is 27.9 Å². The summed E-state index contributed by atoms with van der Waals surface area (Å²) in [6.07, 6.45) is 0.174. The average Bonchev–Trinajstić information content (AvgIpc) is 2.43. The summed E-state index contributed by atoms with van der Waals surface area (Å²) in [7, 11) is 0. The fraction of sp³-hybridized carbons (Fsp3) is 0.294. The third-order valence-corrected chi connectivity index (χ3v) is 3.89. The number of halogens is 2. The van der Waals surface area contributed by atoms with Crippen molar-refractivity contribution in [2.45, 2.75) is 32.9 Å². The summed E-state index contributed by atoms with van der Waals surface area (Å²) in [6, 6.07) is 13.6. The highest BCUT2D eigenvalue weighted by Crippen LogP contribution is 2.31. The minimum absolute atomic E-state index is 0.0630. The molecular weight excluding hydrogens is 305 g/mol. The summed E-state index contributed by atoms with van der Waals surface area (Å²) in [5, 5.41) is 4.58. The Hall–Kier alpha value is -1.38. The number of rotatable bonds is 5. The van der Waals surface area contributed by atoms with Crippen molar-refractivity contribution in [3.63, 3.8) is 0 Å². The normalized spacial score (nSPS) is 12.3. The zero-order valence-electron chi connectivity index (χ0n) is 12.4. The van der Waals surface area contributed by atoms with Gasteiger partial charge in [-0.15, -0.1) is 0 Å². The van der Waals surface area contributed by atoms with E-state index < -0.39 is 0 Å². The van der Waals surface area contributed by atoms with Crippen molar-refractivity contribution >= 4 is 28.9 Å². The van der Waals surface area contributed by atoms with E-state index in [0.29, 0.717) is 10.0 Å². The number of benzene rings is 2. The molecule has 1 atom stereocenters. The van der Waals surface area contributed by atoms with Gasteiger partial charge in [0.2, 0.25) is 0 Å². The quantitative estimate of drug-likeness (QED) is 0.733. The third-order valence-electron chi connectivity index (χ3n) is 3.06. The minimum Gasteiger partial charge on any atom is -0.491 e. The van der Waals surface area contributed by atoms with Crippen LogP contribution in [0.4, 0.5) is 5.69 Å². The van der Waals surface area contributed by atoms with Crippen molar-refractivity contribution in [2.75, 3.05) is 5.32 Å². The summed E-state index contributed by atoms with van der Waals surface area (Å²) in [5.74, 6) is 0.865. The maximum atomic E-state index is 6.24. The van der Waals surface area contributed by atoms with Gasteiger partial charge in [0.15, 0.2) is 0 Å². The molecule has 0 bridgehead atoms. The SMILES string of the molecule is CC(C)Oc1ccc(NC(C)c2cccc(Cl)c2Cl)cc1. The van der Waals surface area contributed by atoms with E-state index >= 15 is 0 Å². The van der Waals surface area contributed by atoms with E-state index in [9.17, 15) is 0 Å². The number of anilines is 1. The highest BCUT2D eigenvalue weighted by atomic mass is 35.5. The second-order valence-electron chi connectivity index (χ2n) is 5.20. The molecule has 2 aromatic rings. The topological polar surface area (TPSA) is 21.3 Å². The first-order chi connectivity index (χ1) is 9.97. The maximum absolute atomic E-state index is 6.24. The van der Waals surface area contributed by atoms with Crippen LogP contribution in [0, 0.1) is 0 Å². The largest absolute Gasteiger partial charge is 0.491 e. The first-order valence-corrected chi connectivity index (χ1v) is 7.70. The highest BCUT2D eigenvalue weighted by Gasteiger charge is 2.11. The van der Waals surface area contributed by atoms with Crippen molar-refractivity contribution < 1.29 is 4.74 Å². The van der Waals surface area contributed by atoms with Crippen LogP contribution in [-0.2, 0) is 0 Å². The Morgan fingerprint density at radius 2 is 1.62 bits per heavy atom. The molecule has 0 radical (unpaired) electrons. The van der Waals surface area contributed by atoms with Gasteiger partial charge in [0.1, 0.15) is 5.75 Å². The summed E-state index contributed by atoms with van der Waals surface area (Å²) >= 11 is 12.3. The van der Waals surface area contributed by atoms with E-state index in [1.807, 2.05) is 50.2 Å². The molecule has 0 amide bonds. The molecule has 0 saturated carbocycles. The zero-order valence-corrected chi connectivity index (χ0v) is 13.9. The standard InChI is InChI=1S/C17H19Cl2NO/c1-11(2)21-14-9-7-13(8-10-14)20-12(3)15-5-4-6-16(18)17(15)19/h4-12,20H,1-3H3. The monoisotopic (exact) mass is 323 g/mol. The van der Waals surface area contributed by atoms with Crippen LogP contribution in [0.2, 0.25) is 10.0 Å². The summed E-state index contributed by atoms with van der Waals surface area (Å²) < 4.78 is 5.63. The van der Waals surface area contributed by atoms with Crippen LogP contribution in [-0.4, -0.2) is 6.10 Å². The van der Waals surface area contributed by atoms with Crippen LogP contribution in [0.1, 0.15) is 32.4 Å². The van der Waals surface area contributed by atoms with Gasteiger partial charge in [-0.1, -0.05) is 35.3 Å². The Morgan fingerprint density at radius 1 is 0.952 bits per heavy atom. The lowest BCUT2D eigenvalue weighted by Crippen LogP contribution is -2.08. The average molecular weight is 324 g/mol. The highest BCUT2D eigenvalue weighted by molar-refractivity contribution is 6.42. The maximum Gasteiger partial charge on any atom is 0.119 e. The summed E-state index contributed by atoms with van der Waals surface area (Å²) in [6.45, 7) is 6.07. The molecular formula is C17H19Cl2NO. The van der Waals surface area contributed by atoms with E-state index in [1.54, 1.807) is 6.07 Å². The van der Waals surface area contributed by atoms with Crippen LogP contribution in [0.25, 0.3) is 0 Å². The van der Waals surface area contributed by atoms with Crippen molar-refractivity contribution in [1.82, 2.24) is 0 Å². The van der Waals surface area contributed by atoms with Crippen LogP contribution in [0.3, 0.4) is 0 Å². The molecule has 21 heavy (non-hydrogen) atoms. The zero-order chi connectivity index (χ0) is 15.4. The first-order valence-electron chi connectivity index (χ1n) is 6.94. The number of nitrogens with one attached hydrogen (secondary N) is 1. The lowest BCUT2D eigenvalue weighted by atomic mass is 10.1. The van der Waals surface area contributed by atoms with Crippen LogP contribution < -0.4 is 10.1 Å². The van der Waals surface area contributed by atoms with Crippen molar-refractivity contribution in [1.29, 1.82) is 0 Å². The van der Waals surface area contributed by atoms with Gasteiger partial charge in [0, 0.05) is 5.69 Å². The van der Waals surface area contributed by atoms with Crippen molar-refractivity contribution in [3.8, 4) is 5.75 Å². The molecule has 0 aliphatic rings. The number of hydrogen-bond acceptors (Lipinski definition) is 2. The van der Waals surface area contributed by atoms with Gasteiger partial charge in [-0.25, -0.2) is 0 Å². The van der Waals surface area contributed by atoms with E-state index in [-0.39, 0.29) is 12.1 Å². The lowest BCUT2D eigenvalue weighted by molar-refractivity contribution is 0.242. The van der Waals surface area contributed by atoms with Gasteiger partial charge in [-0.05, 0) is 56.7 Å².